The molecule has 1 aliphatic rings. The van der Waals surface area contributed by atoms with Crippen LogP contribution in [0.5, 0.6) is 0 Å². The van der Waals surface area contributed by atoms with Crippen LogP contribution < -0.4 is 0 Å². The number of carbonyl (C=O) groups is 2. The second-order valence-corrected chi connectivity index (χ2v) is 4.62. The second-order valence-electron chi connectivity index (χ2n) is 4.62. The van der Waals surface area contributed by atoms with Gasteiger partial charge in [0.05, 0.1) is 0 Å². The molecule has 0 aromatic carbocycles. The minimum atomic E-state index is -0.674. The van der Waals surface area contributed by atoms with E-state index in [1.54, 1.807) is 0 Å². The van der Waals surface area contributed by atoms with Crippen molar-refractivity contribution in [1.82, 2.24) is 0 Å². The van der Waals surface area contributed by atoms with Crippen molar-refractivity contribution < 1.29 is 19.1 Å². The van der Waals surface area contributed by atoms with Gasteiger partial charge in [-0.2, -0.15) is 0 Å². The molecule has 1 saturated carbocycles. The Bertz CT molecular complexity index is 257. The molecule has 0 aromatic rings. The first-order valence-electron chi connectivity index (χ1n) is 7.50. The van der Waals surface area contributed by atoms with E-state index in [0.29, 0.717) is 6.42 Å². The van der Waals surface area contributed by atoms with E-state index in [1.807, 2.05) is 20.8 Å². The Labute approximate surface area is 116 Å². The largest absolute Gasteiger partial charge is 0.425 e. The minimum absolute atomic E-state index is 0.174. The van der Waals surface area contributed by atoms with Gasteiger partial charge in [0.2, 0.25) is 6.29 Å². The van der Waals surface area contributed by atoms with Gasteiger partial charge in [0.15, 0.2) is 0 Å². The Morgan fingerprint density at radius 2 is 1.68 bits per heavy atom. The summed E-state index contributed by atoms with van der Waals surface area (Å²) in [6.45, 7) is 7.27. The molecular weight excluding hydrogens is 244 g/mol. The minimum Gasteiger partial charge on any atom is -0.425 e. The van der Waals surface area contributed by atoms with Crippen molar-refractivity contribution >= 4 is 11.9 Å². The predicted molar refractivity (Wildman–Crippen MR) is 74.5 cm³/mol. The summed E-state index contributed by atoms with van der Waals surface area (Å²) in [4.78, 5) is 22.5. The molecule has 1 aliphatic carbocycles. The number of carbonyl (C=O) groups excluding carboxylic acids is 2. The molecule has 0 N–H and O–H groups in total. The molecule has 0 bridgehead atoms. The Kier molecular flexibility index (Phi) is 10.2. The molecule has 0 heterocycles. The van der Waals surface area contributed by atoms with Gasteiger partial charge in [0.1, 0.15) is 0 Å². The molecule has 0 spiro atoms. The molecule has 0 amide bonds. The smallest absolute Gasteiger partial charge is 0.308 e. The highest BCUT2D eigenvalue weighted by molar-refractivity contribution is 5.70. The lowest BCUT2D eigenvalue weighted by Crippen LogP contribution is -2.32. The van der Waals surface area contributed by atoms with Gasteiger partial charge >= 0.3 is 11.9 Å². The van der Waals surface area contributed by atoms with Crippen LogP contribution in [0, 0.1) is 5.92 Å². The summed E-state index contributed by atoms with van der Waals surface area (Å²) in [5.41, 5.74) is 0. The van der Waals surface area contributed by atoms with E-state index in [4.69, 9.17) is 9.47 Å². The summed E-state index contributed by atoms with van der Waals surface area (Å²) in [6.07, 6.45) is 5.84. The molecule has 19 heavy (non-hydrogen) atoms. The van der Waals surface area contributed by atoms with E-state index < -0.39 is 6.29 Å². The highest BCUT2D eigenvalue weighted by atomic mass is 16.7. The fourth-order valence-corrected chi connectivity index (χ4v) is 2.18. The average molecular weight is 272 g/mol. The van der Waals surface area contributed by atoms with Crippen molar-refractivity contribution in [2.45, 2.75) is 78.9 Å². The van der Waals surface area contributed by atoms with Crippen LogP contribution in [0.15, 0.2) is 0 Å². The van der Waals surface area contributed by atoms with E-state index in [1.165, 1.54) is 13.3 Å². The number of esters is 2. The predicted octanol–water partition coefficient (Wildman–Crippen LogP) is 3.83. The highest BCUT2D eigenvalue weighted by Gasteiger charge is 2.29. The van der Waals surface area contributed by atoms with E-state index in [-0.39, 0.29) is 17.9 Å². The fourth-order valence-electron chi connectivity index (χ4n) is 2.18. The molecule has 0 saturated heterocycles. The van der Waals surface area contributed by atoms with Gasteiger partial charge in [0.25, 0.3) is 0 Å². The molecule has 0 radical (unpaired) electrons. The van der Waals surface area contributed by atoms with Crippen molar-refractivity contribution in [2.24, 2.45) is 5.92 Å². The summed E-state index contributed by atoms with van der Waals surface area (Å²) in [6, 6.07) is 0. The van der Waals surface area contributed by atoms with E-state index in [2.05, 4.69) is 0 Å². The number of hydrogen-bond donors (Lipinski definition) is 0. The zero-order valence-corrected chi connectivity index (χ0v) is 12.7. The molecule has 1 unspecified atom stereocenters. The van der Waals surface area contributed by atoms with Crippen molar-refractivity contribution in [3.8, 4) is 0 Å². The lowest BCUT2D eigenvalue weighted by molar-refractivity contribution is -0.198. The van der Waals surface area contributed by atoms with Crippen molar-refractivity contribution in [2.75, 3.05) is 0 Å². The maximum absolute atomic E-state index is 11.5. The molecule has 4 heteroatoms. The van der Waals surface area contributed by atoms with Crippen LogP contribution in [0.4, 0.5) is 0 Å². The third kappa shape index (κ3) is 7.85. The zero-order chi connectivity index (χ0) is 14.7. The molecular formula is C15H28O4. The lowest BCUT2D eigenvalue weighted by Gasteiger charge is -2.28. The Morgan fingerprint density at radius 3 is 2.16 bits per heavy atom. The third-order valence-corrected chi connectivity index (χ3v) is 3.02. The molecule has 0 aromatic heterocycles. The monoisotopic (exact) mass is 272 g/mol. The summed E-state index contributed by atoms with van der Waals surface area (Å²) in [5, 5.41) is 0. The van der Waals surface area contributed by atoms with Gasteiger partial charge < -0.3 is 9.47 Å². The number of rotatable bonds is 5. The fraction of sp³-hybridized carbons (Fsp3) is 0.867. The van der Waals surface area contributed by atoms with Crippen LogP contribution in [-0.2, 0) is 19.1 Å². The topological polar surface area (TPSA) is 52.6 Å². The van der Waals surface area contributed by atoms with Crippen LogP contribution in [-0.4, -0.2) is 18.2 Å². The highest BCUT2D eigenvalue weighted by Crippen LogP contribution is 2.29. The van der Waals surface area contributed by atoms with Crippen molar-refractivity contribution in [3.63, 3.8) is 0 Å². The molecule has 1 fully saturated rings. The van der Waals surface area contributed by atoms with Crippen LogP contribution in [0.25, 0.3) is 0 Å². The summed E-state index contributed by atoms with van der Waals surface area (Å²) < 4.78 is 10.4. The molecule has 0 aliphatic heterocycles. The summed E-state index contributed by atoms with van der Waals surface area (Å²) >= 11 is 0. The van der Waals surface area contributed by atoms with Crippen LogP contribution in [0.2, 0.25) is 0 Å². The maximum atomic E-state index is 11.5. The molecule has 112 valence electrons. The van der Waals surface area contributed by atoms with Crippen LogP contribution >= 0.6 is 0 Å². The van der Waals surface area contributed by atoms with Gasteiger partial charge in [-0.15, -0.1) is 0 Å². The standard InChI is InChI=1S/C13H22O4.C2H6/c1-3-7-12(15)17-13(16-10(2)14)11-8-5-4-6-9-11;1-2/h11,13H,3-9H2,1-2H3;1-2H3. The molecule has 4 nitrogen and oxygen atoms in total. The van der Waals surface area contributed by atoms with Gasteiger partial charge in [-0.3, -0.25) is 9.59 Å². The molecule has 1 atom stereocenters. The third-order valence-electron chi connectivity index (χ3n) is 3.02. The quantitative estimate of drug-likeness (QED) is 0.564. The summed E-state index contributed by atoms with van der Waals surface area (Å²) in [7, 11) is 0. The Balaban J connectivity index is 0.00000154. The van der Waals surface area contributed by atoms with Gasteiger partial charge in [-0.1, -0.05) is 40.0 Å². The van der Waals surface area contributed by atoms with E-state index >= 15 is 0 Å². The second kappa shape index (κ2) is 10.8. The van der Waals surface area contributed by atoms with E-state index in [9.17, 15) is 9.59 Å². The zero-order valence-electron chi connectivity index (χ0n) is 12.7. The average Bonchev–Trinajstić information content (AvgIpc) is 2.41. The maximum Gasteiger partial charge on any atom is 0.308 e. The van der Waals surface area contributed by atoms with Gasteiger partial charge in [0, 0.05) is 19.3 Å². The van der Waals surface area contributed by atoms with Crippen molar-refractivity contribution in [3.05, 3.63) is 0 Å². The SMILES string of the molecule is CC.CCCC(=O)OC(OC(C)=O)C1CCCCC1. The first-order chi connectivity index (χ1) is 9.13. The first-order valence-corrected chi connectivity index (χ1v) is 7.50. The van der Waals surface area contributed by atoms with Gasteiger partial charge in [-0.25, -0.2) is 0 Å². The summed E-state index contributed by atoms with van der Waals surface area (Å²) in [5.74, 6) is -0.484. The van der Waals surface area contributed by atoms with Crippen LogP contribution in [0.1, 0.15) is 72.6 Å². The Hall–Kier alpha value is -1.06. The molecule has 1 rings (SSSR count). The first kappa shape index (κ1) is 17.9. The normalized spacial score (nSPS) is 16.8. The van der Waals surface area contributed by atoms with Crippen molar-refractivity contribution in [1.29, 1.82) is 0 Å². The number of hydrogen-bond acceptors (Lipinski definition) is 4. The number of ether oxygens (including phenoxy) is 2. The van der Waals surface area contributed by atoms with Gasteiger partial charge in [-0.05, 0) is 19.3 Å². The van der Waals surface area contributed by atoms with E-state index in [0.717, 1.165) is 32.1 Å². The van der Waals surface area contributed by atoms with Crippen LogP contribution in [0.3, 0.4) is 0 Å². The Morgan fingerprint density at radius 1 is 1.11 bits per heavy atom. The lowest BCUT2D eigenvalue weighted by atomic mass is 9.89.